The first-order valence-electron chi connectivity index (χ1n) is 8.44. The molecule has 1 aliphatic heterocycles. The van der Waals surface area contributed by atoms with E-state index in [0.29, 0.717) is 31.1 Å². The van der Waals surface area contributed by atoms with E-state index in [1.165, 1.54) is 45.2 Å². The Kier molecular flexibility index (Phi) is 6.29. The quantitative estimate of drug-likeness (QED) is 0.751. The monoisotopic (exact) mass is 399 g/mol. The summed E-state index contributed by atoms with van der Waals surface area (Å²) in [6, 6.07) is 12.1. The van der Waals surface area contributed by atoms with Crippen molar-refractivity contribution in [2.75, 3.05) is 38.5 Å². The molecule has 0 spiro atoms. The number of hydrogen-bond donors (Lipinski definition) is 1. The summed E-state index contributed by atoms with van der Waals surface area (Å²) in [6.45, 7) is 2.86. The van der Waals surface area contributed by atoms with Crippen molar-refractivity contribution >= 4 is 21.8 Å². The molecular formula is C18H21F2N2O2S2+. The van der Waals surface area contributed by atoms with Gasteiger partial charge in [0.15, 0.2) is 0 Å². The second-order valence-electron chi connectivity index (χ2n) is 6.11. The summed E-state index contributed by atoms with van der Waals surface area (Å²) >= 11 is 1.47. The molecule has 4 nitrogen and oxygen atoms in total. The fourth-order valence-electron chi connectivity index (χ4n) is 2.95. The zero-order valence-corrected chi connectivity index (χ0v) is 15.8. The Balaban J connectivity index is 1.51. The molecule has 3 rings (SSSR count). The highest BCUT2D eigenvalue weighted by atomic mass is 32.2. The predicted octanol–water partition coefficient (Wildman–Crippen LogP) is 1.65. The van der Waals surface area contributed by atoms with Crippen molar-refractivity contribution in [3.8, 4) is 0 Å². The number of halogens is 2. The van der Waals surface area contributed by atoms with Crippen LogP contribution in [0.15, 0.2) is 58.3 Å². The third-order valence-corrected chi connectivity index (χ3v) is 7.42. The molecule has 0 unspecified atom stereocenters. The molecule has 8 heteroatoms. The van der Waals surface area contributed by atoms with Crippen LogP contribution in [0.25, 0.3) is 0 Å². The van der Waals surface area contributed by atoms with Crippen molar-refractivity contribution in [1.29, 1.82) is 0 Å². The largest absolute Gasteiger partial charge is 0.332 e. The molecule has 0 bridgehead atoms. The van der Waals surface area contributed by atoms with Crippen LogP contribution in [-0.2, 0) is 10.0 Å². The minimum Gasteiger partial charge on any atom is -0.332 e. The van der Waals surface area contributed by atoms with Crippen LogP contribution in [0.1, 0.15) is 0 Å². The summed E-state index contributed by atoms with van der Waals surface area (Å²) in [5, 5.41) is 0. The van der Waals surface area contributed by atoms with Gasteiger partial charge in [-0.25, -0.2) is 17.2 Å². The lowest BCUT2D eigenvalue weighted by atomic mass is 10.3. The first-order valence-corrected chi connectivity index (χ1v) is 10.9. The zero-order valence-electron chi connectivity index (χ0n) is 14.2. The number of nitrogens with zero attached hydrogens (tertiary/aromatic N) is 1. The third-order valence-electron chi connectivity index (χ3n) is 4.43. The van der Waals surface area contributed by atoms with Gasteiger partial charge in [0.05, 0.1) is 32.7 Å². The Morgan fingerprint density at radius 1 is 0.962 bits per heavy atom. The number of thioether (sulfide) groups is 1. The third kappa shape index (κ3) is 4.43. The lowest BCUT2D eigenvalue weighted by molar-refractivity contribution is -0.901. The Morgan fingerprint density at radius 2 is 1.58 bits per heavy atom. The van der Waals surface area contributed by atoms with Gasteiger partial charge in [-0.3, -0.25) is 0 Å². The molecule has 0 aromatic heterocycles. The van der Waals surface area contributed by atoms with Crippen molar-refractivity contribution in [2.45, 2.75) is 9.79 Å². The highest BCUT2D eigenvalue weighted by molar-refractivity contribution is 7.99. The molecule has 0 amide bonds. The van der Waals surface area contributed by atoms with Crippen molar-refractivity contribution in [1.82, 2.24) is 4.31 Å². The molecule has 0 radical (unpaired) electrons. The zero-order chi connectivity index (χ0) is 18.6. The molecule has 1 heterocycles. The van der Waals surface area contributed by atoms with Crippen LogP contribution >= 0.6 is 11.8 Å². The van der Waals surface area contributed by atoms with Crippen molar-refractivity contribution in [3.63, 3.8) is 0 Å². The van der Waals surface area contributed by atoms with Crippen LogP contribution < -0.4 is 4.90 Å². The lowest BCUT2D eigenvalue weighted by Crippen LogP contribution is -3.15. The average Bonchev–Trinajstić information content (AvgIpc) is 2.64. The summed E-state index contributed by atoms with van der Waals surface area (Å²) in [7, 11) is -3.80. The molecule has 0 atom stereocenters. The van der Waals surface area contributed by atoms with Crippen molar-refractivity contribution in [2.24, 2.45) is 0 Å². The van der Waals surface area contributed by atoms with E-state index in [-0.39, 0.29) is 10.7 Å². The normalized spacial score (nSPS) is 16.7. The van der Waals surface area contributed by atoms with Gasteiger partial charge >= 0.3 is 0 Å². The van der Waals surface area contributed by atoms with Crippen LogP contribution in [0.3, 0.4) is 0 Å². The molecule has 26 heavy (non-hydrogen) atoms. The number of benzene rings is 2. The van der Waals surface area contributed by atoms with Crippen molar-refractivity contribution < 1.29 is 22.1 Å². The maximum atomic E-state index is 13.8. The molecule has 1 N–H and O–H groups in total. The van der Waals surface area contributed by atoms with E-state index in [1.54, 1.807) is 12.1 Å². The molecule has 1 aliphatic rings. The van der Waals surface area contributed by atoms with Crippen molar-refractivity contribution in [3.05, 3.63) is 60.2 Å². The molecule has 2 aromatic carbocycles. The van der Waals surface area contributed by atoms with Crippen LogP contribution in [-0.4, -0.2) is 51.2 Å². The summed E-state index contributed by atoms with van der Waals surface area (Å²) < 4.78 is 53.9. The fourth-order valence-corrected chi connectivity index (χ4v) is 5.45. The van der Waals surface area contributed by atoms with E-state index < -0.39 is 15.8 Å². The van der Waals surface area contributed by atoms with E-state index in [2.05, 4.69) is 0 Å². The van der Waals surface area contributed by atoms with E-state index in [0.717, 1.165) is 18.4 Å². The molecule has 1 fully saturated rings. The first-order chi connectivity index (χ1) is 12.5. The topological polar surface area (TPSA) is 41.8 Å². The standard InChI is InChI=1S/C18H20F2N2O2S2/c19-15-5-1-3-7-17(15)25-14-13-21-9-11-22(12-10-21)26(23,24)18-8-4-2-6-16(18)20/h1-8H,9-14H2/p+1. The van der Waals surface area contributed by atoms with Gasteiger partial charge in [-0.15, -0.1) is 11.8 Å². The minimum atomic E-state index is -3.80. The van der Waals surface area contributed by atoms with Gasteiger partial charge in [-0.2, -0.15) is 4.31 Å². The average molecular weight is 400 g/mol. The molecule has 0 saturated carbocycles. The molecule has 2 aromatic rings. The molecular weight excluding hydrogens is 378 g/mol. The first kappa shape index (κ1) is 19.3. The number of rotatable bonds is 6. The van der Waals surface area contributed by atoms with Gasteiger partial charge in [0.25, 0.3) is 0 Å². The number of nitrogens with one attached hydrogen (secondary N) is 1. The second-order valence-corrected chi connectivity index (χ2v) is 9.16. The second kappa shape index (κ2) is 8.47. The van der Waals surface area contributed by atoms with E-state index in [9.17, 15) is 17.2 Å². The van der Waals surface area contributed by atoms with Gasteiger partial charge in [-0.1, -0.05) is 24.3 Å². The Morgan fingerprint density at radius 3 is 2.23 bits per heavy atom. The predicted molar refractivity (Wildman–Crippen MR) is 97.8 cm³/mol. The minimum absolute atomic E-state index is 0.215. The summed E-state index contributed by atoms with van der Waals surface area (Å²) in [5.41, 5.74) is 0. The number of quaternary nitrogens is 1. The van der Waals surface area contributed by atoms with Gasteiger partial charge in [-0.05, 0) is 24.3 Å². The van der Waals surface area contributed by atoms with Crippen LogP contribution in [0.4, 0.5) is 8.78 Å². The maximum absolute atomic E-state index is 13.8. The summed E-state index contributed by atoms with van der Waals surface area (Å²) in [4.78, 5) is 1.64. The smallest absolute Gasteiger partial charge is 0.246 e. The Labute approximate surface area is 156 Å². The molecule has 140 valence electrons. The van der Waals surface area contributed by atoms with Gasteiger partial charge in [0, 0.05) is 10.6 Å². The SMILES string of the molecule is O=S(=O)(c1ccccc1F)N1CC[NH+](CCSc2ccccc2F)CC1. The van der Waals surface area contributed by atoms with E-state index >= 15 is 0 Å². The molecule has 1 saturated heterocycles. The highest BCUT2D eigenvalue weighted by Crippen LogP contribution is 2.20. The lowest BCUT2D eigenvalue weighted by Gasteiger charge is -2.31. The van der Waals surface area contributed by atoms with E-state index in [4.69, 9.17) is 0 Å². The summed E-state index contributed by atoms with van der Waals surface area (Å²) in [6.07, 6.45) is 0. The maximum Gasteiger partial charge on any atom is 0.246 e. The van der Waals surface area contributed by atoms with E-state index in [1.807, 2.05) is 6.07 Å². The van der Waals surface area contributed by atoms with Gasteiger partial charge in [0.1, 0.15) is 16.5 Å². The van der Waals surface area contributed by atoms with Gasteiger partial charge in [0.2, 0.25) is 10.0 Å². The van der Waals surface area contributed by atoms with Crippen LogP contribution in [0.5, 0.6) is 0 Å². The Bertz CT molecular complexity index is 854. The number of hydrogen-bond acceptors (Lipinski definition) is 3. The Hall–Kier alpha value is -1.48. The molecule has 0 aliphatic carbocycles. The van der Waals surface area contributed by atoms with Crippen LogP contribution in [0.2, 0.25) is 0 Å². The number of sulfonamides is 1. The fraction of sp³-hybridized carbons (Fsp3) is 0.333. The van der Waals surface area contributed by atoms with Gasteiger partial charge < -0.3 is 4.90 Å². The van der Waals surface area contributed by atoms with Crippen LogP contribution in [0, 0.1) is 11.6 Å². The highest BCUT2D eigenvalue weighted by Gasteiger charge is 2.31. The number of piperazine rings is 1. The summed E-state index contributed by atoms with van der Waals surface area (Å²) in [5.74, 6) is -0.173.